The molecule has 0 spiro atoms. The van der Waals surface area contributed by atoms with Gasteiger partial charge in [0.2, 0.25) is 10.0 Å². The maximum atomic E-state index is 13.3. The molecule has 0 aliphatic carbocycles. The number of carbonyl (C=O) groups excluding carboxylic acids is 1. The molecule has 4 heterocycles. The zero-order chi connectivity index (χ0) is 24.2. The number of hydrogen-bond acceptors (Lipinski definition) is 6. The number of nitrogens with one attached hydrogen (secondary N) is 2. The number of carbonyl (C=O) groups is 1. The lowest BCUT2D eigenvalue weighted by Gasteiger charge is -2.34. The van der Waals surface area contributed by atoms with E-state index in [2.05, 4.69) is 15.1 Å². The predicted octanol–water partition coefficient (Wildman–Crippen LogP) is 1.71. The highest BCUT2D eigenvalue weighted by molar-refractivity contribution is 7.89. The van der Waals surface area contributed by atoms with Crippen LogP contribution in [-0.2, 0) is 10.0 Å². The third-order valence-electron chi connectivity index (χ3n) is 6.16. The number of piperazine rings is 1. The maximum Gasteiger partial charge on any atom is 0.323 e. The van der Waals surface area contributed by atoms with E-state index in [4.69, 9.17) is 4.52 Å². The van der Waals surface area contributed by atoms with Gasteiger partial charge < -0.3 is 19.4 Å². The topological polar surface area (TPSA) is 137 Å². The number of rotatable bonds is 4. The molecule has 4 aromatic rings. The Labute approximate surface area is 195 Å². The predicted molar refractivity (Wildman–Crippen MR) is 124 cm³/mol. The summed E-state index contributed by atoms with van der Waals surface area (Å²) in [6.45, 7) is 6.45. The highest BCUT2D eigenvalue weighted by atomic mass is 32.2. The summed E-state index contributed by atoms with van der Waals surface area (Å²) in [6, 6.07) is 8.10. The molecule has 5 rings (SSSR count). The average Bonchev–Trinajstić information content (AvgIpc) is 3.48. The Morgan fingerprint density at radius 3 is 2.38 bits per heavy atom. The molecule has 0 unspecified atom stereocenters. The van der Waals surface area contributed by atoms with Crippen molar-refractivity contribution in [2.45, 2.75) is 25.7 Å². The minimum Gasteiger partial charge on any atom is -0.360 e. The second kappa shape index (κ2) is 7.99. The lowest BCUT2D eigenvalue weighted by molar-refractivity contribution is 0.0697. The SMILES string of the molecule is Cc1cc(-n2c(C)cc(C(=O)N3CCN(S(=O)(=O)c4ccc5[nH]c(=O)[nH]c5c4)CC3)c2C)no1. The number of nitrogens with zero attached hydrogens (tertiary/aromatic N) is 4. The molecule has 12 heteroatoms. The number of imidazole rings is 1. The van der Waals surface area contributed by atoms with Crippen molar-refractivity contribution in [3.05, 3.63) is 63.5 Å². The Balaban J connectivity index is 1.33. The van der Waals surface area contributed by atoms with Crippen LogP contribution in [0.2, 0.25) is 0 Å². The molecule has 34 heavy (non-hydrogen) atoms. The van der Waals surface area contributed by atoms with E-state index in [0.717, 1.165) is 11.4 Å². The summed E-state index contributed by atoms with van der Waals surface area (Å²) in [6.07, 6.45) is 0. The van der Waals surface area contributed by atoms with E-state index in [-0.39, 0.29) is 37.0 Å². The van der Waals surface area contributed by atoms with Gasteiger partial charge in [-0.15, -0.1) is 0 Å². The Morgan fingerprint density at radius 2 is 1.71 bits per heavy atom. The lowest BCUT2D eigenvalue weighted by atomic mass is 10.2. The molecule has 2 N–H and O–H groups in total. The second-order valence-corrected chi connectivity index (χ2v) is 10.3. The largest absolute Gasteiger partial charge is 0.360 e. The van der Waals surface area contributed by atoms with Gasteiger partial charge in [0.05, 0.1) is 21.5 Å². The molecule has 11 nitrogen and oxygen atoms in total. The molecule has 178 valence electrons. The number of aromatic nitrogens is 4. The number of amides is 1. The van der Waals surface area contributed by atoms with E-state index >= 15 is 0 Å². The Hall–Kier alpha value is -3.64. The van der Waals surface area contributed by atoms with Gasteiger partial charge in [-0.25, -0.2) is 13.2 Å². The summed E-state index contributed by atoms with van der Waals surface area (Å²) in [7, 11) is -3.77. The van der Waals surface area contributed by atoms with Crippen LogP contribution in [0.25, 0.3) is 16.9 Å². The number of fused-ring (bicyclic) bond motifs is 1. The van der Waals surface area contributed by atoms with Gasteiger partial charge in [-0.3, -0.25) is 9.36 Å². The minimum absolute atomic E-state index is 0.0986. The monoisotopic (exact) mass is 484 g/mol. The highest BCUT2D eigenvalue weighted by Gasteiger charge is 2.32. The van der Waals surface area contributed by atoms with Crippen molar-refractivity contribution in [3.8, 4) is 5.82 Å². The molecule has 1 aliphatic heterocycles. The first-order chi connectivity index (χ1) is 16.1. The Kier molecular flexibility index (Phi) is 5.21. The van der Waals surface area contributed by atoms with Crippen molar-refractivity contribution in [3.63, 3.8) is 0 Å². The molecule has 1 amide bonds. The van der Waals surface area contributed by atoms with Crippen LogP contribution >= 0.6 is 0 Å². The van der Waals surface area contributed by atoms with E-state index in [1.54, 1.807) is 24.0 Å². The Morgan fingerprint density at radius 1 is 1.00 bits per heavy atom. The van der Waals surface area contributed by atoms with Crippen LogP contribution < -0.4 is 5.69 Å². The highest BCUT2D eigenvalue weighted by Crippen LogP contribution is 2.24. The van der Waals surface area contributed by atoms with Crippen molar-refractivity contribution in [2.24, 2.45) is 0 Å². The van der Waals surface area contributed by atoms with Crippen molar-refractivity contribution in [2.75, 3.05) is 26.2 Å². The van der Waals surface area contributed by atoms with E-state index in [1.165, 1.54) is 16.4 Å². The van der Waals surface area contributed by atoms with Gasteiger partial charge in [0, 0.05) is 43.6 Å². The molecular weight excluding hydrogens is 460 g/mol. The first-order valence-corrected chi connectivity index (χ1v) is 12.2. The zero-order valence-electron chi connectivity index (χ0n) is 19.0. The van der Waals surface area contributed by atoms with Crippen LogP contribution in [-0.4, -0.2) is 69.4 Å². The fourth-order valence-electron chi connectivity index (χ4n) is 4.41. The maximum absolute atomic E-state index is 13.3. The molecule has 3 aromatic heterocycles. The van der Waals surface area contributed by atoms with Gasteiger partial charge in [0.1, 0.15) is 5.76 Å². The van der Waals surface area contributed by atoms with Gasteiger partial charge in [0.25, 0.3) is 5.91 Å². The lowest BCUT2D eigenvalue weighted by Crippen LogP contribution is -2.50. The number of benzene rings is 1. The van der Waals surface area contributed by atoms with E-state index < -0.39 is 15.7 Å². The van der Waals surface area contributed by atoms with E-state index in [1.807, 2.05) is 24.5 Å². The van der Waals surface area contributed by atoms with Gasteiger partial charge in [0.15, 0.2) is 5.82 Å². The van der Waals surface area contributed by atoms with Gasteiger partial charge >= 0.3 is 5.69 Å². The third-order valence-corrected chi connectivity index (χ3v) is 8.05. The number of sulfonamides is 1. The number of hydrogen-bond donors (Lipinski definition) is 2. The van der Waals surface area contributed by atoms with Crippen molar-refractivity contribution >= 4 is 27.0 Å². The van der Waals surface area contributed by atoms with Crippen LogP contribution in [0.3, 0.4) is 0 Å². The van der Waals surface area contributed by atoms with E-state index in [9.17, 15) is 18.0 Å². The smallest absolute Gasteiger partial charge is 0.323 e. The first-order valence-electron chi connectivity index (χ1n) is 10.8. The summed E-state index contributed by atoms with van der Waals surface area (Å²) in [4.78, 5) is 31.7. The van der Waals surface area contributed by atoms with Crippen molar-refractivity contribution in [1.29, 1.82) is 0 Å². The van der Waals surface area contributed by atoms with Crippen molar-refractivity contribution < 1.29 is 17.7 Å². The molecule has 1 aromatic carbocycles. The number of aromatic amines is 2. The molecule has 0 radical (unpaired) electrons. The van der Waals surface area contributed by atoms with Crippen LogP contribution in [0.1, 0.15) is 27.5 Å². The first kappa shape index (κ1) is 22.2. The summed E-state index contributed by atoms with van der Waals surface area (Å²) in [5.41, 5.74) is 2.73. The molecular formula is C22H24N6O5S. The second-order valence-electron chi connectivity index (χ2n) is 8.40. The molecule has 0 bridgehead atoms. The fraction of sp³-hybridized carbons (Fsp3) is 0.318. The third kappa shape index (κ3) is 3.64. The zero-order valence-corrected chi connectivity index (χ0v) is 19.8. The summed E-state index contributed by atoms with van der Waals surface area (Å²) in [5.74, 6) is 1.14. The van der Waals surface area contributed by atoms with Gasteiger partial charge in [-0.2, -0.15) is 4.31 Å². The van der Waals surface area contributed by atoms with Crippen molar-refractivity contribution in [1.82, 2.24) is 28.9 Å². The van der Waals surface area contributed by atoms with E-state index in [0.29, 0.717) is 28.2 Å². The summed E-state index contributed by atoms with van der Waals surface area (Å²) in [5, 5.41) is 4.05. The Bertz CT molecular complexity index is 1570. The molecule has 0 saturated carbocycles. The van der Waals surface area contributed by atoms with Crippen LogP contribution in [0.4, 0.5) is 0 Å². The molecule has 1 fully saturated rings. The van der Waals surface area contributed by atoms with Gasteiger partial charge in [-0.1, -0.05) is 5.16 Å². The molecule has 1 aliphatic rings. The quantitative estimate of drug-likeness (QED) is 0.452. The normalized spacial score (nSPS) is 15.3. The molecule has 1 saturated heterocycles. The van der Waals surface area contributed by atoms with Crippen LogP contribution in [0.5, 0.6) is 0 Å². The standard InChI is InChI=1S/C22H24N6O5S/c1-13-10-17(15(3)28(13)20-11-14(2)33-25-20)21(29)26-6-8-27(9-7-26)34(31,32)16-4-5-18-19(12-16)24-22(30)23-18/h4-5,10-12H,6-9H2,1-3H3,(H2,23,24,30). The van der Waals surface area contributed by atoms with Crippen LogP contribution in [0.15, 0.2) is 44.5 Å². The fourth-order valence-corrected chi connectivity index (χ4v) is 5.86. The number of aryl methyl sites for hydroxylation is 2. The minimum atomic E-state index is -3.77. The molecule has 0 atom stereocenters. The van der Waals surface area contributed by atoms with Crippen LogP contribution in [0, 0.1) is 20.8 Å². The number of H-pyrrole nitrogens is 2. The summed E-state index contributed by atoms with van der Waals surface area (Å²) >= 11 is 0. The average molecular weight is 485 g/mol. The summed E-state index contributed by atoms with van der Waals surface area (Å²) < 4.78 is 34.7. The van der Waals surface area contributed by atoms with Gasteiger partial charge in [-0.05, 0) is 45.0 Å².